The van der Waals surface area contributed by atoms with Crippen molar-refractivity contribution >= 4 is 0 Å². The van der Waals surface area contributed by atoms with Crippen LogP contribution in [0.2, 0.25) is 0 Å². The van der Waals surface area contributed by atoms with Crippen molar-refractivity contribution in [3.8, 4) is 0 Å². The van der Waals surface area contributed by atoms with Crippen molar-refractivity contribution in [1.82, 2.24) is 0 Å². The largest absolute Gasteiger partial charge is 0.0622 e. The van der Waals surface area contributed by atoms with Gasteiger partial charge in [0.05, 0.1) is 0 Å². The number of hydrogen-bond acceptors (Lipinski definition) is 0. The fourth-order valence-corrected chi connectivity index (χ4v) is 1.58. The average Bonchev–Trinajstić information content (AvgIpc) is 2.26. The third kappa shape index (κ3) is 3.75. The topological polar surface area (TPSA) is 0 Å². The molecule has 0 bridgehead atoms. The van der Waals surface area contributed by atoms with Crippen LogP contribution in [0.25, 0.3) is 0 Å². The Morgan fingerprint density at radius 1 is 0.800 bits per heavy atom. The van der Waals surface area contributed by atoms with E-state index in [-0.39, 0.29) is 0 Å². The SMILES string of the molecule is CCc1cccccc(C)c(CC)cc1. The molecule has 0 aromatic heterocycles. The van der Waals surface area contributed by atoms with E-state index in [1.54, 1.807) is 0 Å². The normalized spacial score (nSPS) is 9.53. The van der Waals surface area contributed by atoms with Crippen molar-refractivity contribution in [1.29, 1.82) is 0 Å². The number of rotatable bonds is 2. The molecule has 1 rings (SSSR count). The summed E-state index contributed by atoms with van der Waals surface area (Å²) in [5.41, 5.74) is 4.15. The maximum atomic E-state index is 2.24. The molecule has 0 spiro atoms. The van der Waals surface area contributed by atoms with Crippen LogP contribution in [-0.2, 0) is 12.8 Å². The predicted octanol–water partition coefficient (Wildman–Crippen LogP) is 4.24. The lowest BCUT2D eigenvalue weighted by Crippen LogP contribution is -1.82. The van der Waals surface area contributed by atoms with Crippen LogP contribution in [0.4, 0.5) is 0 Å². The van der Waals surface area contributed by atoms with Crippen LogP contribution in [0.5, 0.6) is 0 Å². The van der Waals surface area contributed by atoms with Crippen molar-refractivity contribution in [2.45, 2.75) is 33.6 Å². The summed E-state index contributed by atoms with van der Waals surface area (Å²) in [5.74, 6) is 0. The second-order valence-corrected chi connectivity index (χ2v) is 3.73. The summed E-state index contributed by atoms with van der Waals surface area (Å²) in [5, 5.41) is 0. The van der Waals surface area contributed by atoms with E-state index in [2.05, 4.69) is 63.2 Å². The Morgan fingerprint density at radius 2 is 1.53 bits per heavy atom. The smallest absolute Gasteiger partial charge is 0.0305 e. The van der Waals surface area contributed by atoms with E-state index in [4.69, 9.17) is 0 Å². The summed E-state index contributed by atoms with van der Waals surface area (Å²) in [4.78, 5) is 0. The van der Waals surface area contributed by atoms with Crippen LogP contribution in [0.3, 0.4) is 0 Å². The lowest BCUT2D eigenvalue weighted by atomic mass is 10.1. The van der Waals surface area contributed by atoms with E-state index in [1.807, 2.05) is 0 Å². The first kappa shape index (κ1) is 11.8. The molecule has 0 atom stereocenters. The molecule has 0 unspecified atom stereocenters. The Hall–Kier alpha value is -1.30. The van der Waals surface area contributed by atoms with E-state index in [0.29, 0.717) is 0 Å². The fraction of sp³-hybridized carbons (Fsp3) is 0.333. The highest BCUT2D eigenvalue weighted by molar-refractivity contribution is 5.24. The molecule has 0 nitrogen and oxygen atoms in total. The van der Waals surface area contributed by atoms with Gasteiger partial charge in [-0.25, -0.2) is 0 Å². The van der Waals surface area contributed by atoms with Gasteiger partial charge in [-0.05, 0) is 36.5 Å². The molecule has 0 radical (unpaired) electrons. The predicted molar refractivity (Wildman–Crippen MR) is 67.6 cm³/mol. The van der Waals surface area contributed by atoms with Gasteiger partial charge in [0.25, 0.3) is 0 Å². The maximum Gasteiger partial charge on any atom is -0.0305 e. The first-order chi connectivity index (χ1) is 7.27. The van der Waals surface area contributed by atoms with Crippen LogP contribution in [0, 0.1) is 6.92 Å². The molecule has 0 fully saturated rings. The molecule has 0 aliphatic heterocycles. The molecule has 0 saturated heterocycles. The molecule has 0 aliphatic rings. The van der Waals surface area contributed by atoms with E-state index in [9.17, 15) is 0 Å². The molecule has 80 valence electrons. The van der Waals surface area contributed by atoms with Crippen molar-refractivity contribution in [2.24, 2.45) is 0 Å². The van der Waals surface area contributed by atoms with Crippen LogP contribution in [0.15, 0.2) is 42.5 Å². The quantitative estimate of drug-likeness (QED) is 0.669. The fourth-order valence-electron chi connectivity index (χ4n) is 1.58. The van der Waals surface area contributed by atoms with Crippen molar-refractivity contribution < 1.29 is 0 Å². The molecule has 0 amide bonds. The molecular weight excluding hydrogens is 180 g/mol. The van der Waals surface area contributed by atoms with Crippen LogP contribution in [-0.4, -0.2) is 0 Å². The second kappa shape index (κ2) is 6.23. The summed E-state index contributed by atoms with van der Waals surface area (Å²) in [6, 6.07) is 15.1. The first-order valence-corrected chi connectivity index (χ1v) is 5.69. The van der Waals surface area contributed by atoms with Gasteiger partial charge in [-0.3, -0.25) is 0 Å². The Morgan fingerprint density at radius 3 is 2.20 bits per heavy atom. The summed E-state index contributed by atoms with van der Waals surface area (Å²) < 4.78 is 0. The van der Waals surface area contributed by atoms with E-state index in [1.165, 1.54) is 16.7 Å². The molecule has 0 heterocycles. The third-order valence-corrected chi connectivity index (χ3v) is 2.67. The summed E-state index contributed by atoms with van der Waals surface area (Å²) >= 11 is 0. The van der Waals surface area contributed by atoms with Gasteiger partial charge in [-0.1, -0.05) is 56.3 Å². The van der Waals surface area contributed by atoms with Gasteiger partial charge in [-0.2, -0.15) is 0 Å². The molecular formula is C15H20. The average molecular weight is 200 g/mol. The minimum Gasteiger partial charge on any atom is -0.0622 e. The van der Waals surface area contributed by atoms with Crippen LogP contribution in [0.1, 0.15) is 30.5 Å². The molecule has 1 aromatic rings. The molecule has 0 N–H and O–H groups in total. The zero-order valence-electron chi connectivity index (χ0n) is 9.96. The lowest BCUT2D eigenvalue weighted by Gasteiger charge is -1.98. The minimum atomic E-state index is 1.08. The maximum absolute atomic E-state index is 2.24. The van der Waals surface area contributed by atoms with Crippen LogP contribution >= 0.6 is 0 Å². The van der Waals surface area contributed by atoms with Gasteiger partial charge in [0, 0.05) is 0 Å². The minimum absolute atomic E-state index is 1.08. The highest BCUT2D eigenvalue weighted by Crippen LogP contribution is 2.06. The summed E-state index contributed by atoms with van der Waals surface area (Å²) in [6.07, 6.45) is 2.17. The third-order valence-electron chi connectivity index (χ3n) is 2.67. The molecule has 15 heavy (non-hydrogen) atoms. The van der Waals surface area contributed by atoms with Gasteiger partial charge in [-0.15, -0.1) is 0 Å². The van der Waals surface area contributed by atoms with Gasteiger partial charge >= 0.3 is 0 Å². The Balaban J connectivity index is 3.33. The zero-order valence-corrected chi connectivity index (χ0v) is 9.96. The molecule has 0 heteroatoms. The van der Waals surface area contributed by atoms with Crippen molar-refractivity contribution in [3.05, 3.63) is 59.2 Å². The van der Waals surface area contributed by atoms with Gasteiger partial charge in [0.1, 0.15) is 0 Å². The Labute approximate surface area is 93.3 Å². The highest BCUT2D eigenvalue weighted by atomic mass is 14.0. The first-order valence-electron chi connectivity index (χ1n) is 5.69. The number of aryl methyl sites for hydroxylation is 3. The molecule has 0 saturated carbocycles. The van der Waals surface area contributed by atoms with E-state index < -0.39 is 0 Å². The molecule has 1 aromatic carbocycles. The second-order valence-electron chi connectivity index (χ2n) is 3.73. The van der Waals surface area contributed by atoms with E-state index >= 15 is 0 Å². The lowest BCUT2D eigenvalue weighted by molar-refractivity contribution is 1.10. The zero-order chi connectivity index (χ0) is 11.1. The van der Waals surface area contributed by atoms with Crippen molar-refractivity contribution in [2.75, 3.05) is 0 Å². The standard InChI is InChI=1S/C15H20/c1-4-14-10-8-6-7-9-13(3)15(5-2)12-11-14/h6-12H,4-5H2,1-3H3. The monoisotopic (exact) mass is 200 g/mol. The Kier molecular flexibility index (Phi) is 4.89. The van der Waals surface area contributed by atoms with Gasteiger partial charge in [0.2, 0.25) is 0 Å². The molecule has 0 aliphatic carbocycles. The van der Waals surface area contributed by atoms with Crippen molar-refractivity contribution in [3.63, 3.8) is 0 Å². The summed E-state index contributed by atoms with van der Waals surface area (Å²) in [7, 11) is 0. The summed E-state index contributed by atoms with van der Waals surface area (Å²) in [6.45, 7) is 6.56. The van der Waals surface area contributed by atoms with Gasteiger partial charge in [0.15, 0.2) is 0 Å². The van der Waals surface area contributed by atoms with Crippen LogP contribution < -0.4 is 0 Å². The highest BCUT2D eigenvalue weighted by Gasteiger charge is 1.89. The van der Waals surface area contributed by atoms with E-state index in [0.717, 1.165) is 12.8 Å². The Bertz CT molecular complexity index is 363. The number of hydrogen-bond donors (Lipinski definition) is 0. The van der Waals surface area contributed by atoms with Gasteiger partial charge < -0.3 is 0 Å².